The summed E-state index contributed by atoms with van der Waals surface area (Å²) in [6.07, 6.45) is 2.55. The van der Waals surface area contributed by atoms with Crippen molar-refractivity contribution in [2.24, 2.45) is 0 Å². The lowest BCUT2D eigenvalue weighted by atomic mass is 10.1. The molecule has 130 valence electrons. The normalized spacial score (nSPS) is 11.0. The Balaban J connectivity index is 1.92. The fourth-order valence-electron chi connectivity index (χ4n) is 3.23. The highest BCUT2D eigenvalue weighted by Crippen LogP contribution is 2.24. The molecule has 4 heteroatoms. The van der Waals surface area contributed by atoms with Crippen molar-refractivity contribution in [3.05, 3.63) is 70.9 Å². The van der Waals surface area contributed by atoms with Gasteiger partial charge in [-0.3, -0.25) is 4.79 Å². The molecule has 0 N–H and O–H groups in total. The van der Waals surface area contributed by atoms with Crippen LogP contribution in [-0.4, -0.2) is 28.5 Å². The highest BCUT2D eigenvalue weighted by atomic mass is 35.5. The number of rotatable bonds is 6. The number of halogens is 1. The van der Waals surface area contributed by atoms with E-state index in [-0.39, 0.29) is 5.91 Å². The van der Waals surface area contributed by atoms with Crippen LogP contribution in [0.2, 0.25) is 5.02 Å². The standard InChI is InChI=1S/C21H23ClN2O/c1-3-23(4-2)21(25)13-17-15-24(20-8-6-5-7-19(17)20)14-16-9-11-18(22)12-10-16/h5-12,15H,3-4,13-14H2,1-2H3. The van der Waals surface area contributed by atoms with Gasteiger partial charge in [-0.2, -0.15) is 0 Å². The second-order valence-electron chi connectivity index (χ2n) is 6.17. The maximum Gasteiger partial charge on any atom is 0.227 e. The van der Waals surface area contributed by atoms with E-state index >= 15 is 0 Å². The molecule has 0 fully saturated rings. The molecule has 0 spiro atoms. The number of benzene rings is 2. The van der Waals surface area contributed by atoms with Crippen LogP contribution in [0.25, 0.3) is 10.9 Å². The van der Waals surface area contributed by atoms with E-state index in [2.05, 4.69) is 22.9 Å². The predicted octanol–water partition coefficient (Wildman–Crippen LogP) is 4.75. The summed E-state index contributed by atoms with van der Waals surface area (Å²) in [5.41, 5.74) is 3.42. The van der Waals surface area contributed by atoms with Crippen molar-refractivity contribution in [3.8, 4) is 0 Å². The van der Waals surface area contributed by atoms with E-state index in [0.29, 0.717) is 6.42 Å². The number of likely N-dealkylation sites (N-methyl/N-ethyl adjacent to an activating group) is 1. The fraction of sp³-hybridized carbons (Fsp3) is 0.286. The van der Waals surface area contributed by atoms with Gasteiger partial charge in [0.1, 0.15) is 0 Å². The van der Waals surface area contributed by atoms with E-state index in [4.69, 9.17) is 11.6 Å². The van der Waals surface area contributed by atoms with Gasteiger partial charge in [-0.1, -0.05) is 41.9 Å². The number of amides is 1. The Morgan fingerprint density at radius 1 is 1.04 bits per heavy atom. The highest BCUT2D eigenvalue weighted by molar-refractivity contribution is 6.30. The molecule has 0 bridgehead atoms. The van der Waals surface area contributed by atoms with Crippen molar-refractivity contribution in [2.45, 2.75) is 26.8 Å². The molecule has 1 heterocycles. The minimum atomic E-state index is 0.180. The molecule has 2 aromatic carbocycles. The van der Waals surface area contributed by atoms with Crippen molar-refractivity contribution < 1.29 is 4.79 Å². The average molecular weight is 355 g/mol. The molecule has 1 aromatic heterocycles. The maximum atomic E-state index is 12.5. The molecule has 0 aliphatic rings. The third-order valence-electron chi connectivity index (χ3n) is 4.60. The van der Waals surface area contributed by atoms with E-state index in [1.165, 1.54) is 5.56 Å². The third-order valence-corrected chi connectivity index (χ3v) is 4.85. The first kappa shape index (κ1) is 17.6. The summed E-state index contributed by atoms with van der Waals surface area (Å²) in [7, 11) is 0. The van der Waals surface area contributed by atoms with E-state index in [9.17, 15) is 4.79 Å². The minimum absolute atomic E-state index is 0.180. The quantitative estimate of drug-likeness (QED) is 0.626. The Hall–Kier alpha value is -2.26. The van der Waals surface area contributed by atoms with E-state index in [1.54, 1.807) is 0 Å². The molecular formula is C21H23ClN2O. The van der Waals surface area contributed by atoms with Gasteiger partial charge in [0.15, 0.2) is 0 Å². The lowest BCUT2D eigenvalue weighted by Gasteiger charge is -2.18. The summed E-state index contributed by atoms with van der Waals surface area (Å²) in [4.78, 5) is 14.4. The summed E-state index contributed by atoms with van der Waals surface area (Å²) in [6.45, 7) is 6.30. The lowest BCUT2D eigenvalue weighted by molar-refractivity contribution is -0.130. The summed E-state index contributed by atoms with van der Waals surface area (Å²) < 4.78 is 2.21. The Morgan fingerprint density at radius 2 is 1.72 bits per heavy atom. The van der Waals surface area contributed by atoms with Crippen molar-refractivity contribution in [2.75, 3.05) is 13.1 Å². The molecule has 0 radical (unpaired) electrons. The number of carbonyl (C=O) groups excluding carboxylic acids is 1. The molecule has 25 heavy (non-hydrogen) atoms. The van der Waals surface area contributed by atoms with Gasteiger partial charge in [0.25, 0.3) is 0 Å². The molecule has 3 nitrogen and oxygen atoms in total. The average Bonchev–Trinajstić information content (AvgIpc) is 2.96. The van der Waals surface area contributed by atoms with Gasteiger partial charge < -0.3 is 9.47 Å². The monoisotopic (exact) mass is 354 g/mol. The smallest absolute Gasteiger partial charge is 0.227 e. The SMILES string of the molecule is CCN(CC)C(=O)Cc1cn(Cc2ccc(Cl)cc2)c2ccccc12. The van der Waals surface area contributed by atoms with Crippen molar-refractivity contribution >= 4 is 28.4 Å². The summed E-state index contributed by atoms with van der Waals surface area (Å²) in [6, 6.07) is 16.2. The largest absolute Gasteiger partial charge is 0.343 e. The predicted molar refractivity (Wildman–Crippen MR) is 104 cm³/mol. The van der Waals surface area contributed by atoms with Crippen molar-refractivity contribution in [1.29, 1.82) is 0 Å². The van der Waals surface area contributed by atoms with Crippen molar-refractivity contribution in [3.63, 3.8) is 0 Å². The van der Waals surface area contributed by atoms with Gasteiger partial charge in [0.2, 0.25) is 5.91 Å². The lowest BCUT2D eigenvalue weighted by Crippen LogP contribution is -2.31. The van der Waals surface area contributed by atoms with Crippen LogP contribution in [0.5, 0.6) is 0 Å². The van der Waals surface area contributed by atoms with Gasteiger partial charge in [-0.25, -0.2) is 0 Å². The molecule has 0 saturated heterocycles. The molecule has 1 amide bonds. The van der Waals surface area contributed by atoms with Crippen LogP contribution < -0.4 is 0 Å². The van der Waals surface area contributed by atoms with Gasteiger partial charge >= 0.3 is 0 Å². The molecule has 0 atom stereocenters. The molecule has 3 aromatic rings. The van der Waals surface area contributed by atoms with Crippen LogP contribution in [0.4, 0.5) is 0 Å². The number of hydrogen-bond acceptors (Lipinski definition) is 1. The molecule has 0 aliphatic heterocycles. The second kappa shape index (κ2) is 7.75. The summed E-state index contributed by atoms with van der Waals surface area (Å²) >= 11 is 5.98. The zero-order chi connectivity index (χ0) is 17.8. The maximum absolute atomic E-state index is 12.5. The molecule has 0 unspecified atom stereocenters. The first-order valence-electron chi connectivity index (χ1n) is 8.71. The number of para-hydroxylation sites is 1. The van der Waals surface area contributed by atoms with Crippen LogP contribution in [0, 0.1) is 0 Å². The van der Waals surface area contributed by atoms with Crippen molar-refractivity contribution in [1.82, 2.24) is 9.47 Å². The van der Waals surface area contributed by atoms with Gasteiger partial charge in [-0.15, -0.1) is 0 Å². The van der Waals surface area contributed by atoms with Gasteiger partial charge in [-0.05, 0) is 43.2 Å². The number of hydrogen-bond donors (Lipinski definition) is 0. The molecule has 0 saturated carbocycles. The Kier molecular flexibility index (Phi) is 5.44. The van der Waals surface area contributed by atoms with Crippen LogP contribution in [0.15, 0.2) is 54.7 Å². The van der Waals surface area contributed by atoms with Gasteiger partial charge in [0, 0.05) is 41.8 Å². The molecule has 0 aliphatic carbocycles. The molecular weight excluding hydrogens is 332 g/mol. The first-order chi connectivity index (χ1) is 12.1. The van der Waals surface area contributed by atoms with Crippen LogP contribution in [0.1, 0.15) is 25.0 Å². The number of fused-ring (bicyclic) bond motifs is 1. The third kappa shape index (κ3) is 3.88. The van der Waals surface area contributed by atoms with E-state index in [1.807, 2.05) is 55.1 Å². The zero-order valence-electron chi connectivity index (χ0n) is 14.7. The van der Waals surface area contributed by atoms with Crippen LogP contribution >= 0.6 is 11.6 Å². The number of nitrogens with zero attached hydrogens (tertiary/aromatic N) is 2. The second-order valence-corrected chi connectivity index (χ2v) is 6.61. The zero-order valence-corrected chi connectivity index (χ0v) is 15.5. The van der Waals surface area contributed by atoms with Crippen LogP contribution in [0.3, 0.4) is 0 Å². The van der Waals surface area contributed by atoms with E-state index in [0.717, 1.165) is 41.1 Å². The van der Waals surface area contributed by atoms with Crippen LogP contribution in [-0.2, 0) is 17.8 Å². The highest BCUT2D eigenvalue weighted by Gasteiger charge is 2.15. The number of carbonyl (C=O) groups is 1. The minimum Gasteiger partial charge on any atom is -0.343 e. The molecule has 3 rings (SSSR count). The Morgan fingerprint density at radius 3 is 2.40 bits per heavy atom. The first-order valence-corrected chi connectivity index (χ1v) is 9.09. The van der Waals surface area contributed by atoms with E-state index < -0.39 is 0 Å². The number of aromatic nitrogens is 1. The van der Waals surface area contributed by atoms with Gasteiger partial charge in [0.05, 0.1) is 6.42 Å². The summed E-state index contributed by atoms with van der Waals surface area (Å²) in [5.74, 6) is 0.180. The fourth-order valence-corrected chi connectivity index (χ4v) is 3.36. The summed E-state index contributed by atoms with van der Waals surface area (Å²) in [5, 5.41) is 1.89. The Labute approximate surface area is 153 Å². The topological polar surface area (TPSA) is 25.2 Å². The Bertz CT molecular complexity index is 863.